The van der Waals surface area contributed by atoms with Crippen LogP contribution in [-0.2, 0) is 4.74 Å². The third-order valence-electron chi connectivity index (χ3n) is 5.12. The summed E-state index contributed by atoms with van der Waals surface area (Å²) < 4.78 is 8.06. The Morgan fingerprint density at radius 1 is 1.00 bits per heavy atom. The molecule has 0 amide bonds. The fourth-order valence-electron chi connectivity index (χ4n) is 3.83. The zero-order valence-electron chi connectivity index (χ0n) is 15.1. The smallest absolute Gasteiger partial charge is 0.205 e. The molecule has 3 nitrogen and oxygen atoms in total. The SMILES string of the molecule is N#CC1=C(N)OC2=C(CCC/C2=C\c2ccc(Br)cc2)[C@@H]1c1ccc(Br)cc1. The minimum absolute atomic E-state index is 0.157. The van der Waals surface area contributed by atoms with Crippen LogP contribution < -0.4 is 5.73 Å². The first-order valence-electron chi connectivity index (χ1n) is 9.09. The molecule has 2 N–H and O–H groups in total. The lowest BCUT2D eigenvalue weighted by molar-refractivity contribution is 0.277. The molecular formula is C23H18Br2N2O. The van der Waals surface area contributed by atoms with Crippen LogP contribution in [0.25, 0.3) is 6.08 Å². The number of nitriles is 1. The highest BCUT2D eigenvalue weighted by Gasteiger charge is 2.35. The van der Waals surface area contributed by atoms with Crippen LogP contribution in [0.15, 0.2) is 85.8 Å². The summed E-state index contributed by atoms with van der Waals surface area (Å²) >= 11 is 6.96. The molecular weight excluding hydrogens is 480 g/mol. The molecule has 0 unspecified atom stereocenters. The first-order chi connectivity index (χ1) is 13.6. The Morgan fingerprint density at radius 2 is 1.64 bits per heavy atom. The van der Waals surface area contributed by atoms with Gasteiger partial charge in [-0.2, -0.15) is 5.26 Å². The first kappa shape index (κ1) is 19.0. The van der Waals surface area contributed by atoms with Crippen LogP contribution in [0.4, 0.5) is 0 Å². The number of benzene rings is 2. The summed E-state index contributed by atoms with van der Waals surface area (Å²) in [6.07, 6.45) is 5.00. The van der Waals surface area contributed by atoms with Gasteiger partial charge in [-0.1, -0.05) is 56.1 Å². The topological polar surface area (TPSA) is 59.0 Å². The van der Waals surface area contributed by atoms with E-state index in [0.29, 0.717) is 5.57 Å². The van der Waals surface area contributed by atoms with Gasteiger partial charge < -0.3 is 10.5 Å². The van der Waals surface area contributed by atoms with Crippen LogP contribution in [0.2, 0.25) is 0 Å². The maximum absolute atomic E-state index is 9.75. The molecule has 2 aliphatic rings. The van der Waals surface area contributed by atoms with Gasteiger partial charge in [0.05, 0.1) is 0 Å². The molecule has 0 bridgehead atoms. The van der Waals surface area contributed by atoms with E-state index >= 15 is 0 Å². The fraction of sp³-hybridized carbons (Fsp3) is 0.174. The van der Waals surface area contributed by atoms with Crippen molar-refractivity contribution in [3.8, 4) is 6.07 Å². The molecule has 2 aromatic rings. The highest BCUT2D eigenvalue weighted by atomic mass is 79.9. The number of nitrogens with two attached hydrogens (primary N) is 1. The zero-order valence-corrected chi connectivity index (χ0v) is 18.3. The average molecular weight is 498 g/mol. The number of ether oxygens (including phenoxy) is 1. The van der Waals surface area contributed by atoms with Crippen molar-refractivity contribution in [1.29, 1.82) is 5.26 Å². The quantitative estimate of drug-likeness (QED) is 0.512. The van der Waals surface area contributed by atoms with E-state index in [0.717, 1.165) is 56.2 Å². The van der Waals surface area contributed by atoms with E-state index in [9.17, 15) is 5.26 Å². The van der Waals surface area contributed by atoms with Gasteiger partial charge in [-0.3, -0.25) is 0 Å². The van der Waals surface area contributed by atoms with E-state index in [1.165, 1.54) is 0 Å². The summed E-state index contributed by atoms with van der Waals surface area (Å²) in [5, 5.41) is 9.75. The van der Waals surface area contributed by atoms with Crippen molar-refractivity contribution in [2.75, 3.05) is 0 Å². The van der Waals surface area contributed by atoms with E-state index in [4.69, 9.17) is 10.5 Å². The van der Waals surface area contributed by atoms with Crippen molar-refractivity contribution in [1.82, 2.24) is 0 Å². The van der Waals surface area contributed by atoms with Crippen molar-refractivity contribution >= 4 is 37.9 Å². The zero-order chi connectivity index (χ0) is 19.7. The standard InChI is InChI=1S/C23H18Br2N2O/c24-17-8-4-14(5-9-17)12-16-2-1-3-19-21(15-6-10-18(25)11-7-15)20(13-26)23(27)28-22(16)19/h4-12,21H,1-3,27H2/b16-12+/t21-/m0/s1. The minimum atomic E-state index is -0.157. The second-order valence-corrected chi connectivity index (χ2v) is 8.74. The molecule has 1 aliphatic carbocycles. The van der Waals surface area contributed by atoms with Crippen LogP contribution in [0.3, 0.4) is 0 Å². The maximum atomic E-state index is 9.75. The largest absolute Gasteiger partial charge is 0.440 e. The summed E-state index contributed by atoms with van der Waals surface area (Å²) in [5.41, 5.74) is 11.1. The molecule has 5 heteroatoms. The van der Waals surface area contributed by atoms with E-state index in [2.05, 4.69) is 56.1 Å². The molecule has 0 aromatic heterocycles. The molecule has 0 saturated carbocycles. The molecule has 0 saturated heterocycles. The normalized spacial score (nSPS) is 20.6. The number of hydrogen-bond donors (Lipinski definition) is 1. The second-order valence-electron chi connectivity index (χ2n) is 6.91. The molecule has 0 radical (unpaired) electrons. The third kappa shape index (κ3) is 3.67. The molecule has 4 rings (SSSR count). The number of halogens is 2. The number of hydrogen-bond acceptors (Lipinski definition) is 3. The van der Waals surface area contributed by atoms with Crippen molar-refractivity contribution in [3.05, 3.63) is 97.0 Å². The summed E-state index contributed by atoms with van der Waals surface area (Å²) in [5.74, 6) is 0.881. The van der Waals surface area contributed by atoms with Crippen LogP contribution in [0, 0.1) is 11.3 Å². The van der Waals surface area contributed by atoms with E-state index in [1.807, 2.05) is 36.4 Å². The predicted molar refractivity (Wildman–Crippen MR) is 118 cm³/mol. The molecule has 1 atom stereocenters. The minimum Gasteiger partial charge on any atom is -0.440 e. The molecule has 140 valence electrons. The average Bonchev–Trinajstić information content (AvgIpc) is 2.70. The Labute approximate surface area is 181 Å². The third-order valence-corrected chi connectivity index (χ3v) is 6.18. The van der Waals surface area contributed by atoms with E-state index in [-0.39, 0.29) is 11.8 Å². The Kier molecular flexibility index (Phi) is 5.43. The van der Waals surface area contributed by atoms with E-state index in [1.54, 1.807) is 0 Å². The highest BCUT2D eigenvalue weighted by Crippen LogP contribution is 2.46. The number of nitrogens with zero attached hydrogens (tertiary/aromatic N) is 1. The van der Waals surface area contributed by atoms with Gasteiger partial charge in [0.1, 0.15) is 17.4 Å². The molecule has 2 aromatic carbocycles. The second kappa shape index (κ2) is 7.98. The van der Waals surface area contributed by atoms with Gasteiger partial charge in [-0.05, 0) is 71.9 Å². The van der Waals surface area contributed by atoms with Crippen LogP contribution in [0.1, 0.15) is 36.3 Å². The summed E-state index contributed by atoms with van der Waals surface area (Å²) in [7, 11) is 0. The van der Waals surface area contributed by atoms with Gasteiger partial charge in [0.15, 0.2) is 0 Å². The van der Waals surface area contributed by atoms with Gasteiger partial charge >= 0.3 is 0 Å². The van der Waals surface area contributed by atoms with Crippen LogP contribution in [-0.4, -0.2) is 0 Å². The van der Waals surface area contributed by atoms with E-state index < -0.39 is 0 Å². The van der Waals surface area contributed by atoms with Crippen molar-refractivity contribution in [2.24, 2.45) is 5.73 Å². The van der Waals surface area contributed by atoms with Gasteiger partial charge in [0.25, 0.3) is 0 Å². The molecule has 0 fully saturated rings. The Bertz CT molecular complexity index is 1040. The molecule has 0 spiro atoms. The Morgan fingerprint density at radius 3 is 2.29 bits per heavy atom. The van der Waals surface area contributed by atoms with Gasteiger partial charge in [0.2, 0.25) is 5.88 Å². The summed E-state index contributed by atoms with van der Waals surface area (Å²) in [6, 6.07) is 18.6. The van der Waals surface area contributed by atoms with Gasteiger partial charge in [0, 0.05) is 14.9 Å². The maximum Gasteiger partial charge on any atom is 0.205 e. The summed E-state index contributed by atoms with van der Waals surface area (Å²) in [4.78, 5) is 0. The Balaban J connectivity index is 1.82. The van der Waals surface area contributed by atoms with Gasteiger partial charge in [-0.15, -0.1) is 0 Å². The lowest BCUT2D eigenvalue weighted by Crippen LogP contribution is -2.23. The molecule has 1 heterocycles. The predicted octanol–water partition coefficient (Wildman–Crippen LogP) is 6.54. The molecule has 28 heavy (non-hydrogen) atoms. The Hall–Kier alpha value is -2.29. The molecule has 1 aliphatic heterocycles. The van der Waals surface area contributed by atoms with Crippen molar-refractivity contribution < 1.29 is 4.74 Å². The number of rotatable bonds is 2. The van der Waals surface area contributed by atoms with Crippen LogP contribution >= 0.6 is 31.9 Å². The van der Waals surface area contributed by atoms with Crippen LogP contribution in [0.5, 0.6) is 0 Å². The van der Waals surface area contributed by atoms with Crippen molar-refractivity contribution in [3.63, 3.8) is 0 Å². The lowest BCUT2D eigenvalue weighted by Gasteiger charge is -2.33. The van der Waals surface area contributed by atoms with Gasteiger partial charge in [-0.25, -0.2) is 0 Å². The monoisotopic (exact) mass is 496 g/mol. The van der Waals surface area contributed by atoms with Crippen molar-refractivity contribution in [2.45, 2.75) is 25.2 Å². The number of allylic oxidation sites excluding steroid dienone is 3. The first-order valence-corrected chi connectivity index (χ1v) is 10.7. The highest BCUT2D eigenvalue weighted by molar-refractivity contribution is 9.10. The fourth-order valence-corrected chi connectivity index (χ4v) is 4.36. The lowest BCUT2D eigenvalue weighted by atomic mass is 9.77. The summed E-state index contributed by atoms with van der Waals surface area (Å²) in [6.45, 7) is 0.